The number of rotatable bonds is 6. The van der Waals surface area contributed by atoms with E-state index in [4.69, 9.17) is 0 Å². The van der Waals surface area contributed by atoms with E-state index in [-0.39, 0.29) is 12.3 Å². The smallest absolute Gasteiger partial charge is 0.319 e. The number of hydrogen-bond donors (Lipinski definition) is 2. The van der Waals surface area contributed by atoms with Gasteiger partial charge in [0.2, 0.25) is 10.0 Å². The molecular weight excluding hydrogens is 334 g/mol. The van der Waals surface area contributed by atoms with Crippen molar-refractivity contribution in [3.8, 4) is 5.69 Å². The van der Waals surface area contributed by atoms with Crippen LogP contribution in [0.5, 0.6) is 0 Å². The molecule has 0 aliphatic heterocycles. The van der Waals surface area contributed by atoms with Crippen LogP contribution >= 0.6 is 0 Å². The first-order chi connectivity index (χ1) is 11.3. The highest BCUT2D eigenvalue weighted by molar-refractivity contribution is 7.89. The summed E-state index contributed by atoms with van der Waals surface area (Å²) in [6, 6.07) is 6.44. The van der Waals surface area contributed by atoms with Crippen molar-refractivity contribution in [2.24, 2.45) is 0 Å². The van der Waals surface area contributed by atoms with E-state index in [1.54, 1.807) is 35.9 Å². The van der Waals surface area contributed by atoms with E-state index in [1.807, 2.05) is 0 Å². The van der Waals surface area contributed by atoms with E-state index in [2.05, 4.69) is 26.2 Å². The molecule has 0 atom stereocenters. The number of amides is 2. The van der Waals surface area contributed by atoms with Crippen molar-refractivity contribution in [1.29, 1.82) is 0 Å². The Labute approximate surface area is 139 Å². The van der Waals surface area contributed by atoms with Gasteiger partial charge in [-0.1, -0.05) is 0 Å². The minimum atomic E-state index is -3.33. The molecule has 0 aliphatic carbocycles. The van der Waals surface area contributed by atoms with Crippen LogP contribution in [0, 0.1) is 6.92 Å². The van der Waals surface area contributed by atoms with Gasteiger partial charge in [0.25, 0.3) is 0 Å². The Morgan fingerprint density at radius 2 is 1.92 bits per heavy atom. The fourth-order valence-electron chi connectivity index (χ4n) is 1.81. The lowest BCUT2D eigenvalue weighted by Crippen LogP contribution is -2.36. The van der Waals surface area contributed by atoms with Gasteiger partial charge in [0.1, 0.15) is 0 Å². The zero-order valence-electron chi connectivity index (χ0n) is 13.6. The Morgan fingerprint density at radius 3 is 2.46 bits per heavy atom. The number of aryl methyl sites for hydroxylation is 1. The molecule has 0 saturated heterocycles. The zero-order valence-corrected chi connectivity index (χ0v) is 14.4. The van der Waals surface area contributed by atoms with Crippen molar-refractivity contribution < 1.29 is 13.2 Å². The van der Waals surface area contributed by atoms with Crippen LogP contribution in [0.25, 0.3) is 5.69 Å². The zero-order chi connectivity index (χ0) is 17.7. The predicted molar refractivity (Wildman–Crippen MR) is 88.4 cm³/mol. The number of hydrogen-bond acceptors (Lipinski definition) is 6. The molecule has 10 nitrogen and oxygen atoms in total. The molecule has 1 aromatic heterocycles. The third kappa shape index (κ3) is 4.49. The van der Waals surface area contributed by atoms with Crippen LogP contribution in [0.1, 0.15) is 5.82 Å². The SMILES string of the molecule is Cc1nnnn1-c1ccc(NC(=O)NCCS(=O)(=O)N(C)C)cc1. The summed E-state index contributed by atoms with van der Waals surface area (Å²) in [6.45, 7) is 1.80. The fourth-order valence-corrected chi connectivity index (χ4v) is 2.53. The topological polar surface area (TPSA) is 122 Å². The van der Waals surface area contributed by atoms with E-state index in [1.165, 1.54) is 14.1 Å². The monoisotopic (exact) mass is 353 g/mol. The van der Waals surface area contributed by atoms with Gasteiger partial charge >= 0.3 is 6.03 Å². The largest absolute Gasteiger partial charge is 0.337 e. The van der Waals surface area contributed by atoms with Gasteiger partial charge in [-0.3, -0.25) is 0 Å². The van der Waals surface area contributed by atoms with Gasteiger partial charge in [0.05, 0.1) is 11.4 Å². The molecule has 2 amide bonds. The summed E-state index contributed by atoms with van der Waals surface area (Å²) < 4.78 is 25.8. The van der Waals surface area contributed by atoms with E-state index in [0.717, 1.165) is 9.99 Å². The van der Waals surface area contributed by atoms with E-state index in [9.17, 15) is 13.2 Å². The van der Waals surface area contributed by atoms with Crippen LogP contribution in [-0.2, 0) is 10.0 Å². The molecule has 2 rings (SSSR count). The first-order valence-electron chi connectivity index (χ1n) is 7.10. The molecule has 11 heteroatoms. The first-order valence-corrected chi connectivity index (χ1v) is 8.71. The molecule has 0 spiro atoms. The third-order valence-electron chi connectivity index (χ3n) is 3.20. The quantitative estimate of drug-likeness (QED) is 0.753. The maximum Gasteiger partial charge on any atom is 0.319 e. The number of nitrogens with zero attached hydrogens (tertiary/aromatic N) is 5. The van der Waals surface area contributed by atoms with E-state index in [0.29, 0.717) is 11.5 Å². The molecule has 2 N–H and O–H groups in total. The number of benzene rings is 1. The van der Waals surface area contributed by atoms with Crippen LogP contribution in [0.2, 0.25) is 0 Å². The molecule has 1 aromatic carbocycles. The highest BCUT2D eigenvalue weighted by atomic mass is 32.2. The lowest BCUT2D eigenvalue weighted by atomic mass is 10.3. The van der Waals surface area contributed by atoms with Crippen LogP contribution in [-0.4, -0.2) is 65.4 Å². The summed E-state index contributed by atoms with van der Waals surface area (Å²) in [6.07, 6.45) is 0. The molecule has 24 heavy (non-hydrogen) atoms. The summed E-state index contributed by atoms with van der Waals surface area (Å²) >= 11 is 0. The molecule has 0 fully saturated rings. The molecule has 0 saturated carbocycles. The van der Waals surface area contributed by atoms with Crippen LogP contribution in [0.15, 0.2) is 24.3 Å². The summed E-state index contributed by atoms with van der Waals surface area (Å²) in [5.41, 5.74) is 1.33. The second-order valence-electron chi connectivity index (χ2n) is 5.16. The highest BCUT2D eigenvalue weighted by Crippen LogP contribution is 2.13. The maximum atomic E-state index is 11.8. The van der Waals surface area contributed by atoms with Crippen LogP contribution in [0.4, 0.5) is 10.5 Å². The van der Waals surface area contributed by atoms with Gasteiger partial charge in [-0.15, -0.1) is 5.10 Å². The molecule has 0 unspecified atom stereocenters. The van der Waals surface area contributed by atoms with Crippen molar-refractivity contribution in [2.45, 2.75) is 6.92 Å². The number of carbonyl (C=O) groups is 1. The molecule has 0 aliphatic rings. The van der Waals surface area contributed by atoms with E-state index < -0.39 is 16.1 Å². The van der Waals surface area contributed by atoms with Crippen LogP contribution in [0.3, 0.4) is 0 Å². The molecule has 0 bridgehead atoms. The fraction of sp³-hybridized carbons (Fsp3) is 0.385. The standard InChI is InChI=1S/C13H19N7O3S/c1-10-16-17-18-20(10)12-6-4-11(5-7-12)15-13(21)14-8-9-24(22,23)19(2)3/h4-7H,8-9H2,1-3H3,(H2,14,15,21). The lowest BCUT2D eigenvalue weighted by Gasteiger charge is -2.12. The number of anilines is 1. The summed E-state index contributed by atoms with van der Waals surface area (Å²) in [4.78, 5) is 11.8. The normalized spacial score (nSPS) is 11.5. The maximum absolute atomic E-state index is 11.8. The van der Waals surface area contributed by atoms with Crippen molar-refractivity contribution in [2.75, 3.05) is 31.7 Å². The number of aromatic nitrogens is 4. The van der Waals surface area contributed by atoms with Crippen molar-refractivity contribution in [1.82, 2.24) is 29.8 Å². The Morgan fingerprint density at radius 1 is 1.25 bits per heavy atom. The molecule has 1 heterocycles. The number of sulfonamides is 1. The first kappa shape index (κ1) is 17.8. The average Bonchev–Trinajstić information content (AvgIpc) is 2.94. The van der Waals surface area contributed by atoms with Gasteiger partial charge in [0.15, 0.2) is 5.82 Å². The Bertz CT molecular complexity index is 799. The number of tetrazole rings is 1. The number of urea groups is 1. The van der Waals surface area contributed by atoms with Crippen molar-refractivity contribution >= 4 is 21.7 Å². The Hall–Kier alpha value is -2.53. The minimum absolute atomic E-state index is 0.0221. The molecule has 0 radical (unpaired) electrons. The van der Waals surface area contributed by atoms with Crippen LogP contribution < -0.4 is 10.6 Å². The van der Waals surface area contributed by atoms with Crippen molar-refractivity contribution in [3.05, 3.63) is 30.1 Å². The van der Waals surface area contributed by atoms with Gasteiger partial charge < -0.3 is 10.6 Å². The van der Waals surface area contributed by atoms with Gasteiger partial charge in [-0.25, -0.2) is 17.5 Å². The lowest BCUT2D eigenvalue weighted by molar-refractivity contribution is 0.252. The Kier molecular flexibility index (Phi) is 5.46. The number of carbonyl (C=O) groups excluding carboxylic acids is 1. The summed E-state index contributed by atoms with van der Waals surface area (Å²) in [5.74, 6) is 0.487. The van der Waals surface area contributed by atoms with Gasteiger partial charge in [-0.2, -0.15) is 4.68 Å². The highest BCUT2D eigenvalue weighted by Gasteiger charge is 2.13. The second-order valence-corrected chi connectivity index (χ2v) is 7.47. The Balaban J connectivity index is 1.88. The predicted octanol–water partition coefficient (Wildman–Crippen LogP) is -0.0164. The van der Waals surface area contributed by atoms with Crippen molar-refractivity contribution in [3.63, 3.8) is 0 Å². The molecule has 130 valence electrons. The second kappa shape index (κ2) is 7.36. The number of nitrogens with one attached hydrogen (secondary N) is 2. The summed E-state index contributed by atoms with van der Waals surface area (Å²) in [5, 5.41) is 16.3. The molecular formula is C13H19N7O3S. The average molecular weight is 353 g/mol. The molecule has 2 aromatic rings. The van der Waals surface area contributed by atoms with E-state index >= 15 is 0 Å². The minimum Gasteiger partial charge on any atom is -0.337 e. The van der Waals surface area contributed by atoms with Gasteiger partial charge in [-0.05, 0) is 41.6 Å². The third-order valence-corrected chi connectivity index (χ3v) is 5.03. The summed E-state index contributed by atoms with van der Waals surface area (Å²) in [7, 11) is -0.437. The van der Waals surface area contributed by atoms with Gasteiger partial charge in [0, 0.05) is 26.3 Å².